The van der Waals surface area contributed by atoms with Gasteiger partial charge in [-0.25, -0.2) is 4.39 Å². The van der Waals surface area contributed by atoms with Crippen molar-refractivity contribution in [3.05, 3.63) is 29.6 Å². The first-order chi connectivity index (χ1) is 7.77. The fourth-order valence-electron chi connectivity index (χ4n) is 2.29. The number of nitrogen functional groups attached to an aromatic ring is 1. The van der Waals surface area contributed by atoms with Crippen LogP contribution in [-0.4, -0.2) is 24.5 Å². The first-order valence-electron chi connectivity index (χ1n) is 6.02. The average Bonchev–Trinajstić information content (AvgIpc) is 2.30. The number of nitrogens with two attached hydrogens (primary N) is 1. The van der Waals surface area contributed by atoms with Gasteiger partial charge in [0.25, 0.3) is 0 Å². The van der Waals surface area contributed by atoms with Gasteiger partial charge in [-0.2, -0.15) is 0 Å². The SMILES string of the molecule is Nc1cccc(F)c1CCN1CCCCC1. The molecular weight excluding hydrogens is 203 g/mol. The minimum Gasteiger partial charge on any atom is -0.398 e. The maximum atomic E-state index is 13.5. The van der Waals surface area contributed by atoms with Crippen LogP contribution >= 0.6 is 0 Å². The molecule has 0 saturated carbocycles. The van der Waals surface area contributed by atoms with Gasteiger partial charge in [-0.1, -0.05) is 12.5 Å². The van der Waals surface area contributed by atoms with E-state index in [2.05, 4.69) is 4.90 Å². The third kappa shape index (κ3) is 2.73. The van der Waals surface area contributed by atoms with Crippen molar-refractivity contribution in [2.45, 2.75) is 25.7 Å². The molecule has 1 fully saturated rings. The lowest BCUT2D eigenvalue weighted by molar-refractivity contribution is 0.231. The second-order valence-electron chi connectivity index (χ2n) is 4.46. The predicted octanol–water partition coefficient (Wildman–Crippen LogP) is 2.44. The Morgan fingerprint density at radius 1 is 1.19 bits per heavy atom. The predicted molar refractivity (Wildman–Crippen MR) is 64.8 cm³/mol. The molecule has 1 heterocycles. The van der Waals surface area contributed by atoms with Crippen LogP contribution in [0.5, 0.6) is 0 Å². The summed E-state index contributed by atoms with van der Waals surface area (Å²) in [6.07, 6.45) is 4.59. The van der Waals surface area contributed by atoms with Gasteiger partial charge in [-0.05, 0) is 44.5 Å². The molecule has 1 aromatic rings. The summed E-state index contributed by atoms with van der Waals surface area (Å²) in [6, 6.07) is 4.92. The van der Waals surface area contributed by atoms with Crippen molar-refractivity contribution in [2.24, 2.45) is 0 Å². The van der Waals surface area contributed by atoms with Crippen LogP contribution in [0, 0.1) is 5.82 Å². The Labute approximate surface area is 96.2 Å². The zero-order valence-electron chi connectivity index (χ0n) is 9.58. The van der Waals surface area contributed by atoms with E-state index in [9.17, 15) is 4.39 Å². The Kier molecular flexibility index (Phi) is 3.78. The summed E-state index contributed by atoms with van der Waals surface area (Å²) in [7, 11) is 0. The first kappa shape index (κ1) is 11.4. The molecule has 1 aliphatic rings. The average molecular weight is 222 g/mol. The van der Waals surface area contributed by atoms with Crippen molar-refractivity contribution in [1.29, 1.82) is 0 Å². The molecule has 2 N–H and O–H groups in total. The van der Waals surface area contributed by atoms with Crippen molar-refractivity contribution in [1.82, 2.24) is 4.90 Å². The molecule has 2 rings (SSSR count). The molecule has 0 bridgehead atoms. The molecule has 16 heavy (non-hydrogen) atoms. The van der Waals surface area contributed by atoms with Crippen LogP contribution in [0.4, 0.5) is 10.1 Å². The zero-order valence-corrected chi connectivity index (χ0v) is 9.58. The van der Waals surface area contributed by atoms with Crippen molar-refractivity contribution < 1.29 is 4.39 Å². The van der Waals surface area contributed by atoms with Gasteiger partial charge in [-0.3, -0.25) is 0 Å². The fourth-order valence-corrected chi connectivity index (χ4v) is 2.29. The van der Waals surface area contributed by atoms with Crippen LogP contribution < -0.4 is 5.73 Å². The Balaban J connectivity index is 1.93. The molecule has 0 radical (unpaired) electrons. The summed E-state index contributed by atoms with van der Waals surface area (Å²) in [5.41, 5.74) is 7.03. The number of anilines is 1. The lowest BCUT2D eigenvalue weighted by atomic mass is 10.1. The van der Waals surface area contributed by atoms with Crippen molar-refractivity contribution in [2.75, 3.05) is 25.4 Å². The normalized spacial score (nSPS) is 17.6. The van der Waals surface area contributed by atoms with Crippen LogP contribution in [0.1, 0.15) is 24.8 Å². The second-order valence-corrected chi connectivity index (χ2v) is 4.46. The molecule has 1 aliphatic heterocycles. The van der Waals surface area contributed by atoms with E-state index in [0.717, 1.165) is 26.1 Å². The Bertz CT molecular complexity index is 326. The molecule has 0 spiro atoms. The van der Waals surface area contributed by atoms with E-state index >= 15 is 0 Å². The van der Waals surface area contributed by atoms with Gasteiger partial charge < -0.3 is 10.6 Å². The highest BCUT2D eigenvalue weighted by Crippen LogP contribution is 2.17. The van der Waals surface area contributed by atoms with Crippen molar-refractivity contribution in [3.63, 3.8) is 0 Å². The number of likely N-dealkylation sites (tertiary alicyclic amines) is 1. The van der Waals surface area contributed by atoms with E-state index in [1.807, 2.05) is 0 Å². The molecule has 0 aromatic heterocycles. The van der Waals surface area contributed by atoms with Crippen LogP contribution in [0.3, 0.4) is 0 Å². The van der Waals surface area contributed by atoms with Crippen molar-refractivity contribution >= 4 is 5.69 Å². The molecule has 0 amide bonds. The maximum Gasteiger partial charge on any atom is 0.128 e. The molecular formula is C13H19FN2. The summed E-state index contributed by atoms with van der Waals surface area (Å²) < 4.78 is 13.5. The molecule has 2 nitrogen and oxygen atoms in total. The minimum atomic E-state index is -0.169. The lowest BCUT2D eigenvalue weighted by Crippen LogP contribution is -2.31. The van der Waals surface area contributed by atoms with Crippen molar-refractivity contribution in [3.8, 4) is 0 Å². The minimum absolute atomic E-state index is 0.169. The molecule has 0 atom stereocenters. The van der Waals surface area contributed by atoms with E-state index in [4.69, 9.17) is 5.73 Å². The highest BCUT2D eigenvalue weighted by molar-refractivity contribution is 5.47. The van der Waals surface area contributed by atoms with Gasteiger partial charge in [0.1, 0.15) is 5.82 Å². The molecule has 0 aliphatic carbocycles. The van der Waals surface area contributed by atoms with Gasteiger partial charge in [0.2, 0.25) is 0 Å². The Hall–Kier alpha value is -1.09. The first-order valence-corrected chi connectivity index (χ1v) is 6.02. The lowest BCUT2D eigenvalue weighted by Gasteiger charge is -2.26. The molecule has 1 saturated heterocycles. The molecule has 88 valence electrons. The smallest absolute Gasteiger partial charge is 0.128 e. The highest BCUT2D eigenvalue weighted by Gasteiger charge is 2.12. The van der Waals surface area contributed by atoms with Gasteiger partial charge >= 0.3 is 0 Å². The standard InChI is InChI=1S/C13H19FN2/c14-12-5-4-6-13(15)11(12)7-10-16-8-2-1-3-9-16/h4-6H,1-3,7-10,15H2. The zero-order chi connectivity index (χ0) is 11.4. The fraction of sp³-hybridized carbons (Fsp3) is 0.538. The van der Waals surface area contributed by atoms with E-state index in [0.29, 0.717) is 11.3 Å². The Morgan fingerprint density at radius 2 is 1.94 bits per heavy atom. The summed E-state index contributed by atoms with van der Waals surface area (Å²) in [6.45, 7) is 3.22. The van der Waals surface area contributed by atoms with E-state index in [-0.39, 0.29) is 5.82 Å². The third-order valence-electron chi connectivity index (χ3n) is 3.28. The monoisotopic (exact) mass is 222 g/mol. The quantitative estimate of drug-likeness (QED) is 0.796. The highest BCUT2D eigenvalue weighted by atomic mass is 19.1. The molecule has 3 heteroatoms. The third-order valence-corrected chi connectivity index (χ3v) is 3.28. The van der Waals surface area contributed by atoms with Gasteiger partial charge in [-0.15, -0.1) is 0 Å². The number of halogens is 1. The van der Waals surface area contributed by atoms with Crippen LogP contribution in [0.2, 0.25) is 0 Å². The van der Waals surface area contributed by atoms with E-state index < -0.39 is 0 Å². The van der Waals surface area contributed by atoms with Gasteiger partial charge in [0.15, 0.2) is 0 Å². The van der Waals surface area contributed by atoms with Gasteiger partial charge in [0.05, 0.1) is 0 Å². The summed E-state index contributed by atoms with van der Waals surface area (Å²) in [5, 5.41) is 0. The van der Waals surface area contributed by atoms with Crippen LogP contribution in [0.25, 0.3) is 0 Å². The van der Waals surface area contributed by atoms with Gasteiger partial charge in [0, 0.05) is 17.8 Å². The molecule has 1 aromatic carbocycles. The summed E-state index contributed by atoms with van der Waals surface area (Å²) in [5.74, 6) is -0.169. The summed E-state index contributed by atoms with van der Waals surface area (Å²) in [4.78, 5) is 2.40. The van der Waals surface area contributed by atoms with E-state index in [1.165, 1.54) is 25.3 Å². The molecule has 0 unspecified atom stereocenters. The van der Waals surface area contributed by atoms with Crippen LogP contribution in [0.15, 0.2) is 18.2 Å². The number of nitrogens with zero attached hydrogens (tertiary/aromatic N) is 1. The number of benzene rings is 1. The number of hydrogen-bond acceptors (Lipinski definition) is 2. The number of piperidine rings is 1. The number of hydrogen-bond donors (Lipinski definition) is 1. The largest absolute Gasteiger partial charge is 0.398 e. The number of rotatable bonds is 3. The van der Waals surface area contributed by atoms with E-state index in [1.54, 1.807) is 12.1 Å². The van der Waals surface area contributed by atoms with Crippen LogP contribution in [-0.2, 0) is 6.42 Å². The summed E-state index contributed by atoms with van der Waals surface area (Å²) >= 11 is 0. The second kappa shape index (κ2) is 5.30. The Morgan fingerprint density at radius 3 is 2.62 bits per heavy atom. The maximum absolute atomic E-state index is 13.5. The topological polar surface area (TPSA) is 29.3 Å².